The summed E-state index contributed by atoms with van der Waals surface area (Å²) in [4.78, 5) is 2.14. The second-order valence-electron chi connectivity index (χ2n) is 4.60. The largest absolute Gasteiger partial charge is 0.383 e. The summed E-state index contributed by atoms with van der Waals surface area (Å²) in [6.45, 7) is 1.98. The van der Waals surface area contributed by atoms with Crippen molar-refractivity contribution in [3.8, 4) is 5.69 Å². The maximum atomic E-state index is 6.28. The van der Waals surface area contributed by atoms with E-state index in [1.807, 2.05) is 49.4 Å². The monoisotopic (exact) mass is 395 g/mol. The quantitative estimate of drug-likeness (QED) is 0.670. The van der Waals surface area contributed by atoms with Gasteiger partial charge in [-0.3, -0.25) is 0 Å². The van der Waals surface area contributed by atoms with E-state index >= 15 is 0 Å². The lowest BCUT2D eigenvalue weighted by molar-refractivity contribution is 0.872. The van der Waals surface area contributed by atoms with Gasteiger partial charge in [-0.15, -0.1) is 12.4 Å². The second kappa shape index (κ2) is 7.22. The minimum absolute atomic E-state index is 0. The van der Waals surface area contributed by atoms with Gasteiger partial charge in [-0.25, -0.2) is 4.68 Å². The van der Waals surface area contributed by atoms with Crippen molar-refractivity contribution in [3.05, 3.63) is 64.8 Å². The molecule has 1 heterocycles. The summed E-state index contributed by atoms with van der Waals surface area (Å²) in [5.74, 6) is 0.673. The van der Waals surface area contributed by atoms with E-state index in [2.05, 4.69) is 33.2 Å². The van der Waals surface area contributed by atoms with Gasteiger partial charge in [-0.1, -0.05) is 45.9 Å². The Hall–Kier alpha value is -1.43. The van der Waals surface area contributed by atoms with Gasteiger partial charge in [-0.2, -0.15) is 5.10 Å². The third-order valence-corrected chi connectivity index (χ3v) is 4.82. The third-order valence-electron chi connectivity index (χ3n) is 3.07. The van der Waals surface area contributed by atoms with Gasteiger partial charge >= 0.3 is 0 Å². The number of para-hydroxylation sites is 1. The molecule has 0 saturated carbocycles. The van der Waals surface area contributed by atoms with Crippen molar-refractivity contribution < 1.29 is 0 Å². The number of halogens is 2. The Morgan fingerprint density at radius 1 is 1.05 bits per heavy atom. The summed E-state index contributed by atoms with van der Waals surface area (Å²) >= 11 is 5.08. The number of aryl methyl sites for hydroxylation is 1. The smallest absolute Gasteiger partial charge is 0.141 e. The molecule has 0 aliphatic carbocycles. The summed E-state index contributed by atoms with van der Waals surface area (Å²) < 4.78 is 2.85. The van der Waals surface area contributed by atoms with E-state index in [-0.39, 0.29) is 12.4 Å². The molecule has 22 heavy (non-hydrogen) atoms. The number of aromatic nitrogens is 2. The van der Waals surface area contributed by atoms with Crippen LogP contribution < -0.4 is 5.73 Å². The van der Waals surface area contributed by atoms with Crippen LogP contribution in [0.3, 0.4) is 0 Å². The van der Waals surface area contributed by atoms with Gasteiger partial charge < -0.3 is 5.73 Å². The van der Waals surface area contributed by atoms with Crippen LogP contribution in [-0.4, -0.2) is 9.78 Å². The fourth-order valence-corrected chi connectivity index (χ4v) is 3.20. The first-order chi connectivity index (χ1) is 10.1. The van der Waals surface area contributed by atoms with Crippen LogP contribution in [0.25, 0.3) is 5.69 Å². The molecule has 6 heteroatoms. The van der Waals surface area contributed by atoms with Crippen LogP contribution in [0.15, 0.2) is 68.9 Å². The fraction of sp³-hybridized carbons (Fsp3) is 0.0625. The molecule has 3 rings (SSSR count). The molecule has 0 atom stereocenters. The van der Waals surface area contributed by atoms with E-state index in [4.69, 9.17) is 5.73 Å². The van der Waals surface area contributed by atoms with Crippen LogP contribution >= 0.6 is 40.1 Å². The molecule has 0 bridgehead atoms. The summed E-state index contributed by atoms with van der Waals surface area (Å²) in [5.41, 5.74) is 8.19. The Labute approximate surface area is 148 Å². The highest BCUT2D eigenvalue weighted by molar-refractivity contribution is 9.10. The van der Waals surface area contributed by atoms with Gasteiger partial charge in [0.05, 0.1) is 16.3 Å². The number of rotatable bonds is 3. The second-order valence-corrected chi connectivity index (χ2v) is 6.60. The standard InChI is InChI=1S/C16H14BrN3S.ClH/c1-11-15(21-14-9-7-12(17)8-10-14)16(18)20(19-11)13-5-3-2-4-6-13;/h2-10H,18H2,1H3;1H. The maximum Gasteiger partial charge on any atom is 0.141 e. The Morgan fingerprint density at radius 2 is 1.68 bits per heavy atom. The van der Waals surface area contributed by atoms with Crippen molar-refractivity contribution >= 4 is 45.9 Å². The lowest BCUT2D eigenvalue weighted by Gasteiger charge is -2.05. The first-order valence-electron chi connectivity index (χ1n) is 6.49. The molecule has 114 valence electrons. The number of nitrogens with two attached hydrogens (primary N) is 1. The highest BCUT2D eigenvalue weighted by Gasteiger charge is 2.14. The highest BCUT2D eigenvalue weighted by Crippen LogP contribution is 2.36. The number of anilines is 1. The minimum Gasteiger partial charge on any atom is -0.383 e. The number of benzene rings is 2. The number of nitrogens with zero attached hydrogens (tertiary/aromatic N) is 2. The summed E-state index contributed by atoms with van der Waals surface area (Å²) in [5, 5.41) is 4.56. The van der Waals surface area contributed by atoms with Crippen molar-refractivity contribution in [1.29, 1.82) is 0 Å². The Balaban J connectivity index is 0.00000176. The third kappa shape index (κ3) is 3.48. The van der Waals surface area contributed by atoms with Gasteiger partial charge in [0, 0.05) is 9.37 Å². The molecular weight excluding hydrogens is 382 g/mol. The molecule has 0 spiro atoms. The van der Waals surface area contributed by atoms with Crippen LogP contribution in [0.5, 0.6) is 0 Å². The molecule has 2 aromatic carbocycles. The first-order valence-corrected chi connectivity index (χ1v) is 8.10. The molecule has 3 aromatic rings. The molecule has 1 aromatic heterocycles. The predicted molar refractivity (Wildman–Crippen MR) is 98.2 cm³/mol. The topological polar surface area (TPSA) is 43.8 Å². The molecular formula is C16H15BrClN3S. The van der Waals surface area contributed by atoms with Crippen molar-refractivity contribution in [2.75, 3.05) is 5.73 Å². The van der Waals surface area contributed by atoms with Gasteiger partial charge in [0.15, 0.2) is 0 Å². The Bertz CT molecular complexity index is 757. The van der Waals surface area contributed by atoms with E-state index in [0.29, 0.717) is 5.82 Å². The molecule has 0 radical (unpaired) electrons. The molecule has 2 N–H and O–H groups in total. The van der Waals surface area contributed by atoms with Crippen molar-refractivity contribution in [1.82, 2.24) is 9.78 Å². The van der Waals surface area contributed by atoms with E-state index in [1.54, 1.807) is 16.4 Å². The summed E-state index contributed by atoms with van der Waals surface area (Å²) in [6, 6.07) is 18.1. The van der Waals surface area contributed by atoms with Crippen LogP contribution in [0.4, 0.5) is 5.82 Å². The predicted octanol–water partition coefficient (Wildman–Crippen LogP) is 5.10. The normalized spacial score (nSPS) is 10.3. The van der Waals surface area contributed by atoms with Gasteiger partial charge in [-0.05, 0) is 43.3 Å². The zero-order valence-electron chi connectivity index (χ0n) is 11.9. The van der Waals surface area contributed by atoms with Crippen molar-refractivity contribution in [2.45, 2.75) is 16.7 Å². The van der Waals surface area contributed by atoms with Crippen molar-refractivity contribution in [2.24, 2.45) is 0 Å². The average molecular weight is 397 g/mol. The molecule has 0 aliphatic heterocycles. The number of nitrogen functional groups attached to an aromatic ring is 1. The lowest BCUT2D eigenvalue weighted by Crippen LogP contribution is -2.01. The zero-order valence-corrected chi connectivity index (χ0v) is 15.1. The van der Waals surface area contributed by atoms with Crippen LogP contribution in [0, 0.1) is 6.92 Å². The highest BCUT2D eigenvalue weighted by atomic mass is 79.9. The molecule has 0 aliphatic rings. The Morgan fingerprint density at radius 3 is 2.32 bits per heavy atom. The molecule has 0 unspecified atom stereocenters. The van der Waals surface area contributed by atoms with Gasteiger partial charge in [0.2, 0.25) is 0 Å². The van der Waals surface area contributed by atoms with E-state index in [9.17, 15) is 0 Å². The summed E-state index contributed by atoms with van der Waals surface area (Å²) in [7, 11) is 0. The van der Waals surface area contributed by atoms with Crippen LogP contribution in [0.1, 0.15) is 5.69 Å². The Kier molecular flexibility index (Phi) is 5.56. The van der Waals surface area contributed by atoms with E-state index in [0.717, 1.165) is 25.6 Å². The lowest BCUT2D eigenvalue weighted by atomic mass is 10.3. The van der Waals surface area contributed by atoms with Crippen LogP contribution in [-0.2, 0) is 0 Å². The molecule has 0 saturated heterocycles. The van der Waals surface area contributed by atoms with Crippen molar-refractivity contribution in [3.63, 3.8) is 0 Å². The SMILES string of the molecule is Cc1nn(-c2ccccc2)c(N)c1Sc1ccc(Br)cc1.Cl. The van der Waals surface area contributed by atoms with Crippen LogP contribution in [0.2, 0.25) is 0 Å². The maximum absolute atomic E-state index is 6.28. The first kappa shape index (κ1) is 16.9. The number of hydrogen-bond donors (Lipinski definition) is 1. The minimum atomic E-state index is 0. The van der Waals surface area contributed by atoms with E-state index < -0.39 is 0 Å². The fourth-order valence-electron chi connectivity index (χ4n) is 2.04. The van der Waals surface area contributed by atoms with Gasteiger partial charge in [0.25, 0.3) is 0 Å². The molecule has 0 fully saturated rings. The van der Waals surface area contributed by atoms with E-state index in [1.165, 1.54) is 0 Å². The molecule has 0 amide bonds. The molecule has 3 nitrogen and oxygen atoms in total. The summed E-state index contributed by atoms with van der Waals surface area (Å²) in [6.07, 6.45) is 0. The zero-order chi connectivity index (χ0) is 14.8. The average Bonchev–Trinajstić information content (AvgIpc) is 2.78. The van der Waals surface area contributed by atoms with Gasteiger partial charge in [0.1, 0.15) is 5.82 Å². The number of hydrogen-bond acceptors (Lipinski definition) is 3.